The number of nitrogens with one attached hydrogen (secondary N) is 2. The van der Waals surface area contributed by atoms with E-state index >= 15 is 0 Å². The van der Waals surface area contributed by atoms with E-state index in [-0.39, 0.29) is 11.4 Å². The van der Waals surface area contributed by atoms with Crippen molar-refractivity contribution in [2.75, 3.05) is 19.5 Å². The van der Waals surface area contributed by atoms with Gasteiger partial charge in [0.05, 0.1) is 17.8 Å². The van der Waals surface area contributed by atoms with Crippen LogP contribution in [0.15, 0.2) is 18.2 Å². The first kappa shape index (κ1) is 16.1. The third-order valence-corrected chi connectivity index (χ3v) is 4.62. The number of hydrogen-bond acceptors (Lipinski definition) is 3. The van der Waals surface area contributed by atoms with Gasteiger partial charge in [-0.3, -0.25) is 4.79 Å². The maximum atomic E-state index is 12.3. The van der Waals surface area contributed by atoms with Gasteiger partial charge >= 0.3 is 0 Å². The van der Waals surface area contributed by atoms with Crippen molar-refractivity contribution in [2.24, 2.45) is 0 Å². The second-order valence-electron chi connectivity index (χ2n) is 5.66. The van der Waals surface area contributed by atoms with E-state index in [1.807, 2.05) is 7.05 Å². The van der Waals surface area contributed by atoms with Gasteiger partial charge in [0.15, 0.2) is 0 Å². The van der Waals surface area contributed by atoms with Crippen LogP contribution < -0.4 is 15.4 Å². The van der Waals surface area contributed by atoms with Gasteiger partial charge in [-0.1, -0.05) is 30.9 Å². The van der Waals surface area contributed by atoms with Crippen LogP contribution in [-0.2, 0) is 4.79 Å². The van der Waals surface area contributed by atoms with Gasteiger partial charge < -0.3 is 15.4 Å². The molecule has 0 spiro atoms. The minimum Gasteiger partial charge on any atom is -0.497 e. The van der Waals surface area contributed by atoms with Crippen LogP contribution in [0.2, 0.25) is 5.02 Å². The summed E-state index contributed by atoms with van der Waals surface area (Å²) < 4.78 is 5.16. The van der Waals surface area contributed by atoms with Crippen LogP contribution in [0.4, 0.5) is 5.69 Å². The molecule has 1 saturated carbocycles. The predicted octanol–water partition coefficient (Wildman–Crippen LogP) is 3.60. The number of amides is 1. The molecule has 0 unspecified atom stereocenters. The summed E-state index contributed by atoms with van der Waals surface area (Å²) in [4.78, 5) is 12.3. The Balaban J connectivity index is 2.04. The monoisotopic (exact) mass is 310 g/mol. The Morgan fingerprint density at radius 2 is 2.05 bits per heavy atom. The van der Waals surface area contributed by atoms with Gasteiger partial charge in [0, 0.05) is 18.0 Å². The third-order valence-electron chi connectivity index (χ3n) is 4.29. The molecular weight excluding hydrogens is 288 g/mol. The Hall–Kier alpha value is -1.26. The Kier molecular flexibility index (Phi) is 5.48. The summed E-state index contributed by atoms with van der Waals surface area (Å²) in [6.07, 6.45) is 6.16. The van der Waals surface area contributed by atoms with Crippen LogP contribution in [-0.4, -0.2) is 25.6 Å². The molecule has 1 fully saturated rings. The Morgan fingerprint density at radius 3 is 2.67 bits per heavy atom. The first-order valence-corrected chi connectivity index (χ1v) is 7.79. The zero-order valence-electron chi connectivity index (χ0n) is 12.7. The van der Waals surface area contributed by atoms with E-state index in [0.29, 0.717) is 22.9 Å². The van der Waals surface area contributed by atoms with E-state index in [4.69, 9.17) is 16.3 Å². The van der Waals surface area contributed by atoms with Gasteiger partial charge in [-0.05, 0) is 32.0 Å². The normalized spacial score (nSPS) is 17.3. The van der Waals surface area contributed by atoms with Crippen molar-refractivity contribution in [1.82, 2.24) is 5.32 Å². The Bertz CT molecular complexity index is 499. The van der Waals surface area contributed by atoms with Crippen LogP contribution in [0, 0.1) is 0 Å². The zero-order chi connectivity index (χ0) is 15.3. The first-order valence-electron chi connectivity index (χ1n) is 7.41. The number of ether oxygens (including phenoxy) is 1. The molecule has 5 heteroatoms. The number of halogens is 1. The third kappa shape index (κ3) is 4.11. The molecule has 21 heavy (non-hydrogen) atoms. The Labute approximate surface area is 131 Å². The quantitative estimate of drug-likeness (QED) is 0.873. The molecule has 0 radical (unpaired) electrons. The highest BCUT2D eigenvalue weighted by Crippen LogP contribution is 2.32. The molecule has 1 aromatic carbocycles. The molecule has 1 aromatic rings. The van der Waals surface area contributed by atoms with Crippen molar-refractivity contribution in [2.45, 2.75) is 44.1 Å². The van der Waals surface area contributed by atoms with E-state index < -0.39 is 0 Å². The minimum atomic E-state index is -0.0757. The van der Waals surface area contributed by atoms with Crippen LogP contribution >= 0.6 is 11.6 Å². The molecule has 0 heterocycles. The summed E-state index contributed by atoms with van der Waals surface area (Å²) in [5.41, 5.74) is 0.524. The SMILES string of the molecule is CNC1(CC(=O)Nc2cc(OC)ccc2Cl)CCCCC1. The maximum Gasteiger partial charge on any atom is 0.226 e. The first-order chi connectivity index (χ1) is 10.1. The fourth-order valence-electron chi connectivity index (χ4n) is 2.97. The molecule has 0 atom stereocenters. The van der Waals surface area contributed by atoms with Gasteiger partial charge in [-0.25, -0.2) is 0 Å². The number of methoxy groups -OCH3 is 1. The van der Waals surface area contributed by atoms with E-state index in [2.05, 4.69) is 10.6 Å². The summed E-state index contributed by atoms with van der Waals surface area (Å²) in [5.74, 6) is 0.664. The fourth-order valence-corrected chi connectivity index (χ4v) is 3.14. The van der Waals surface area contributed by atoms with E-state index in [0.717, 1.165) is 12.8 Å². The summed E-state index contributed by atoms with van der Waals surface area (Å²) >= 11 is 6.12. The molecule has 4 nitrogen and oxygen atoms in total. The van der Waals surface area contributed by atoms with Crippen LogP contribution in [0.5, 0.6) is 5.75 Å². The average molecular weight is 311 g/mol. The summed E-state index contributed by atoms with van der Waals surface area (Å²) in [5, 5.41) is 6.77. The fraction of sp³-hybridized carbons (Fsp3) is 0.562. The lowest BCUT2D eigenvalue weighted by atomic mass is 9.79. The highest BCUT2D eigenvalue weighted by Gasteiger charge is 2.32. The van der Waals surface area contributed by atoms with Crippen molar-refractivity contribution in [3.8, 4) is 5.75 Å². The number of benzene rings is 1. The maximum absolute atomic E-state index is 12.3. The Morgan fingerprint density at radius 1 is 1.33 bits per heavy atom. The number of carbonyl (C=O) groups excluding carboxylic acids is 1. The summed E-state index contributed by atoms with van der Waals surface area (Å²) in [6.45, 7) is 0. The molecule has 116 valence electrons. The molecule has 0 aromatic heterocycles. The topological polar surface area (TPSA) is 50.4 Å². The van der Waals surface area contributed by atoms with Crippen LogP contribution in [0.1, 0.15) is 38.5 Å². The lowest BCUT2D eigenvalue weighted by molar-refractivity contribution is -0.117. The standard InChI is InChI=1S/C16H23ClN2O2/c1-18-16(8-4-3-5-9-16)11-15(20)19-14-10-12(21-2)6-7-13(14)17/h6-7,10,18H,3-5,8-9,11H2,1-2H3,(H,19,20). The summed E-state index contributed by atoms with van der Waals surface area (Å²) in [7, 11) is 3.53. The molecule has 0 saturated heterocycles. The van der Waals surface area contributed by atoms with E-state index in [9.17, 15) is 4.79 Å². The lowest BCUT2D eigenvalue weighted by Crippen LogP contribution is -2.47. The molecular formula is C16H23ClN2O2. The van der Waals surface area contributed by atoms with Gasteiger partial charge in [0.25, 0.3) is 0 Å². The van der Waals surface area contributed by atoms with Crippen molar-refractivity contribution < 1.29 is 9.53 Å². The zero-order valence-corrected chi connectivity index (χ0v) is 13.4. The molecule has 0 bridgehead atoms. The van der Waals surface area contributed by atoms with Gasteiger partial charge in [-0.2, -0.15) is 0 Å². The van der Waals surface area contributed by atoms with Crippen LogP contribution in [0.25, 0.3) is 0 Å². The van der Waals surface area contributed by atoms with Crippen molar-refractivity contribution in [3.05, 3.63) is 23.2 Å². The van der Waals surface area contributed by atoms with Gasteiger partial charge in [0.2, 0.25) is 5.91 Å². The highest BCUT2D eigenvalue weighted by atomic mass is 35.5. The van der Waals surface area contributed by atoms with Crippen molar-refractivity contribution in [1.29, 1.82) is 0 Å². The van der Waals surface area contributed by atoms with Gasteiger partial charge in [-0.15, -0.1) is 0 Å². The smallest absolute Gasteiger partial charge is 0.226 e. The molecule has 1 amide bonds. The number of rotatable bonds is 5. The molecule has 1 aliphatic rings. The highest BCUT2D eigenvalue weighted by molar-refractivity contribution is 6.33. The lowest BCUT2D eigenvalue weighted by Gasteiger charge is -2.36. The van der Waals surface area contributed by atoms with Crippen LogP contribution in [0.3, 0.4) is 0 Å². The molecule has 2 N–H and O–H groups in total. The number of hydrogen-bond donors (Lipinski definition) is 2. The van der Waals surface area contributed by atoms with Crippen molar-refractivity contribution in [3.63, 3.8) is 0 Å². The van der Waals surface area contributed by atoms with Gasteiger partial charge in [0.1, 0.15) is 5.75 Å². The van der Waals surface area contributed by atoms with Crippen molar-refractivity contribution >= 4 is 23.2 Å². The minimum absolute atomic E-state index is 0.0126. The molecule has 0 aliphatic heterocycles. The largest absolute Gasteiger partial charge is 0.497 e. The second-order valence-corrected chi connectivity index (χ2v) is 6.07. The second kappa shape index (κ2) is 7.14. The van der Waals surface area contributed by atoms with E-state index in [1.165, 1.54) is 19.3 Å². The summed E-state index contributed by atoms with van der Waals surface area (Å²) in [6, 6.07) is 5.24. The molecule has 2 rings (SSSR count). The number of anilines is 1. The van der Waals surface area contributed by atoms with E-state index in [1.54, 1.807) is 25.3 Å². The predicted molar refractivity (Wildman–Crippen MR) is 86.1 cm³/mol. The number of carbonyl (C=O) groups is 1. The molecule has 1 aliphatic carbocycles. The average Bonchev–Trinajstić information content (AvgIpc) is 2.50.